The van der Waals surface area contributed by atoms with E-state index in [9.17, 15) is 14.7 Å². The highest BCUT2D eigenvalue weighted by atomic mass is 16.5. The molecule has 0 bridgehead atoms. The molecule has 3 rings (SSSR count). The summed E-state index contributed by atoms with van der Waals surface area (Å²) >= 11 is 0. The Bertz CT molecular complexity index is 556. The molecule has 0 aromatic carbocycles. The van der Waals surface area contributed by atoms with E-state index in [0.29, 0.717) is 0 Å². The maximum absolute atomic E-state index is 12.1. The van der Waals surface area contributed by atoms with Gasteiger partial charge in [-0.15, -0.1) is 0 Å². The standard InChI is InChI=1S/C14H16N2O4/c1-8-4-5-15-6-10(8)12-13(14(18)19)20-7-11(17)16(12)9-2-3-9/h4-6,9,12-13H,2-3,7H2,1H3,(H,18,19). The maximum atomic E-state index is 12.1. The van der Waals surface area contributed by atoms with Crippen molar-refractivity contribution in [3.63, 3.8) is 0 Å². The smallest absolute Gasteiger partial charge is 0.335 e. The van der Waals surface area contributed by atoms with Crippen LogP contribution in [0.5, 0.6) is 0 Å². The summed E-state index contributed by atoms with van der Waals surface area (Å²) in [6.07, 6.45) is 4.10. The van der Waals surface area contributed by atoms with Crippen molar-refractivity contribution in [1.29, 1.82) is 0 Å². The maximum Gasteiger partial charge on any atom is 0.335 e. The molecule has 1 amide bonds. The van der Waals surface area contributed by atoms with Crippen molar-refractivity contribution in [2.75, 3.05) is 6.61 Å². The number of ether oxygens (including phenoxy) is 1. The first-order valence-electron chi connectivity index (χ1n) is 6.65. The van der Waals surface area contributed by atoms with Crippen LogP contribution in [0.2, 0.25) is 0 Å². The number of morpholine rings is 1. The van der Waals surface area contributed by atoms with E-state index >= 15 is 0 Å². The Hall–Kier alpha value is -1.95. The van der Waals surface area contributed by atoms with Crippen molar-refractivity contribution in [1.82, 2.24) is 9.88 Å². The van der Waals surface area contributed by atoms with Gasteiger partial charge in [0.1, 0.15) is 6.61 Å². The molecule has 2 aliphatic rings. The highest BCUT2D eigenvalue weighted by Crippen LogP contribution is 2.40. The molecule has 2 fully saturated rings. The first kappa shape index (κ1) is 13.1. The molecule has 0 radical (unpaired) electrons. The molecule has 6 nitrogen and oxygen atoms in total. The molecule has 2 unspecified atom stereocenters. The van der Waals surface area contributed by atoms with Crippen molar-refractivity contribution in [2.24, 2.45) is 0 Å². The summed E-state index contributed by atoms with van der Waals surface area (Å²) in [5.74, 6) is -1.19. The average molecular weight is 276 g/mol. The Balaban J connectivity index is 2.05. The minimum atomic E-state index is -1.04. The second-order valence-corrected chi connectivity index (χ2v) is 5.28. The first-order valence-corrected chi connectivity index (χ1v) is 6.65. The van der Waals surface area contributed by atoms with E-state index < -0.39 is 18.1 Å². The Morgan fingerprint density at radius 3 is 2.85 bits per heavy atom. The third-order valence-corrected chi connectivity index (χ3v) is 3.84. The molecule has 1 aliphatic heterocycles. The molecule has 2 atom stereocenters. The molecule has 1 aliphatic carbocycles. The Morgan fingerprint density at radius 2 is 2.25 bits per heavy atom. The summed E-state index contributed by atoms with van der Waals surface area (Å²) < 4.78 is 5.26. The van der Waals surface area contributed by atoms with Gasteiger partial charge in [0.2, 0.25) is 5.91 Å². The molecular formula is C14H16N2O4. The summed E-state index contributed by atoms with van der Waals surface area (Å²) in [5.41, 5.74) is 1.67. The number of hydrogen-bond donors (Lipinski definition) is 1. The highest BCUT2D eigenvalue weighted by molar-refractivity contribution is 5.83. The number of carbonyl (C=O) groups excluding carboxylic acids is 1. The number of nitrogens with zero attached hydrogens (tertiary/aromatic N) is 2. The molecule has 2 heterocycles. The van der Waals surface area contributed by atoms with Crippen LogP contribution < -0.4 is 0 Å². The first-order chi connectivity index (χ1) is 9.59. The second kappa shape index (κ2) is 4.86. The van der Waals surface area contributed by atoms with Gasteiger partial charge in [0, 0.05) is 18.4 Å². The molecular weight excluding hydrogens is 260 g/mol. The van der Waals surface area contributed by atoms with Crippen LogP contribution in [0.15, 0.2) is 18.5 Å². The largest absolute Gasteiger partial charge is 0.479 e. The zero-order chi connectivity index (χ0) is 14.3. The van der Waals surface area contributed by atoms with Crippen molar-refractivity contribution < 1.29 is 19.4 Å². The summed E-state index contributed by atoms with van der Waals surface area (Å²) in [6, 6.07) is 1.37. The van der Waals surface area contributed by atoms with E-state index in [2.05, 4.69) is 4.98 Å². The monoisotopic (exact) mass is 276 g/mol. The number of aryl methyl sites for hydroxylation is 1. The van der Waals surface area contributed by atoms with Gasteiger partial charge < -0.3 is 14.7 Å². The zero-order valence-electron chi connectivity index (χ0n) is 11.2. The predicted octanol–water partition coefficient (Wildman–Crippen LogP) is 0.906. The van der Waals surface area contributed by atoms with Crippen molar-refractivity contribution in [2.45, 2.75) is 38.0 Å². The summed E-state index contributed by atoms with van der Waals surface area (Å²) in [6.45, 7) is 1.73. The molecule has 1 N–H and O–H groups in total. The van der Waals surface area contributed by atoms with E-state index in [1.807, 2.05) is 13.0 Å². The SMILES string of the molecule is Cc1ccncc1C1C(C(=O)O)OCC(=O)N1C1CC1. The molecule has 6 heteroatoms. The number of rotatable bonds is 3. The van der Waals surface area contributed by atoms with Crippen molar-refractivity contribution >= 4 is 11.9 Å². The van der Waals surface area contributed by atoms with E-state index in [-0.39, 0.29) is 18.6 Å². The van der Waals surface area contributed by atoms with Gasteiger partial charge in [0.05, 0.1) is 6.04 Å². The molecule has 1 saturated carbocycles. The topological polar surface area (TPSA) is 79.7 Å². The molecule has 0 spiro atoms. The Morgan fingerprint density at radius 1 is 1.50 bits per heavy atom. The van der Waals surface area contributed by atoms with Gasteiger partial charge in [0.25, 0.3) is 0 Å². The van der Waals surface area contributed by atoms with E-state index in [4.69, 9.17) is 4.74 Å². The number of aromatic nitrogens is 1. The minimum Gasteiger partial charge on any atom is -0.479 e. The van der Waals surface area contributed by atoms with Crippen LogP contribution >= 0.6 is 0 Å². The molecule has 1 saturated heterocycles. The van der Waals surface area contributed by atoms with Gasteiger partial charge in [-0.05, 0) is 37.0 Å². The fourth-order valence-electron chi connectivity index (χ4n) is 2.72. The predicted molar refractivity (Wildman–Crippen MR) is 69.0 cm³/mol. The summed E-state index contributed by atoms with van der Waals surface area (Å²) in [4.78, 5) is 29.3. The minimum absolute atomic E-state index is 0.137. The van der Waals surface area contributed by atoms with Crippen LogP contribution in [0.4, 0.5) is 0 Å². The van der Waals surface area contributed by atoms with Gasteiger partial charge in [-0.3, -0.25) is 9.78 Å². The quantitative estimate of drug-likeness (QED) is 0.887. The van der Waals surface area contributed by atoms with Gasteiger partial charge in [-0.2, -0.15) is 0 Å². The summed E-state index contributed by atoms with van der Waals surface area (Å²) in [5, 5.41) is 9.38. The lowest BCUT2D eigenvalue weighted by Crippen LogP contribution is -2.52. The van der Waals surface area contributed by atoms with E-state index in [1.54, 1.807) is 17.3 Å². The number of carbonyl (C=O) groups is 2. The number of carboxylic acids is 1. The Kier molecular flexibility index (Phi) is 3.17. The number of pyridine rings is 1. The summed E-state index contributed by atoms with van der Waals surface area (Å²) in [7, 11) is 0. The van der Waals surface area contributed by atoms with Gasteiger partial charge >= 0.3 is 5.97 Å². The van der Waals surface area contributed by atoms with Crippen molar-refractivity contribution in [3.8, 4) is 0 Å². The van der Waals surface area contributed by atoms with Crippen LogP contribution in [0.25, 0.3) is 0 Å². The van der Waals surface area contributed by atoms with Crippen LogP contribution in [0.3, 0.4) is 0 Å². The average Bonchev–Trinajstić information content (AvgIpc) is 3.23. The molecule has 1 aromatic rings. The van der Waals surface area contributed by atoms with Crippen LogP contribution in [0, 0.1) is 6.92 Å². The van der Waals surface area contributed by atoms with Gasteiger partial charge in [-0.25, -0.2) is 4.79 Å². The molecule has 20 heavy (non-hydrogen) atoms. The van der Waals surface area contributed by atoms with Crippen LogP contribution in [-0.2, 0) is 14.3 Å². The van der Waals surface area contributed by atoms with Crippen LogP contribution in [0.1, 0.15) is 30.0 Å². The van der Waals surface area contributed by atoms with Crippen LogP contribution in [-0.4, -0.2) is 45.6 Å². The fourth-order valence-corrected chi connectivity index (χ4v) is 2.72. The normalized spacial score (nSPS) is 26.6. The van der Waals surface area contributed by atoms with Gasteiger partial charge in [0.15, 0.2) is 6.10 Å². The zero-order valence-corrected chi connectivity index (χ0v) is 11.2. The molecule has 1 aromatic heterocycles. The third-order valence-electron chi connectivity index (χ3n) is 3.84. The lowest BCUT2D eigenvalue weighted by atomic mass is 9.95. The van der Waals surface area contributed by atoms with Crippen molar-refractivity contribution in [3.05, 3.63) is 29.6 Å². The van der Waals surface area contributed by atoms with E-state index in [0.717, 1.165) is 24.0 Å². The number of carboxylic acid groups (broad SMARTS) is 1. The fraction of sp³-hybridized carbons (Fsp3) is 0.500. The number of aliphatic carboxylic acids is 1. The molecule has 106 valence electrons. The lowest BCUT2D eigenvalue weighted by molar-refractivity contribution is -0.174. The number of amides is 1. The van der Waals surface area contributed by atoms with E-state index in [1.165, 1.54) is 0 Å². The Labute approximate surface area is 116 Å². The second-order valence-electron chi connectivity index (χ2n) is 5.28. The van der Waals surface area contributed by atoms with Gasteiger partial charge in [-0.1, -0.05) is 0 Å². The lowest BCUT2D eigenvalue weighted by Gasteiger charge is -2.40. The highest BCUT2D eigenvalue weighted by Gasteiger charge is 2.48. The third kappa shape index (κ3) is 2.16. The number of hydrogen-bond acceptors (Lipinski definition) is 4.